The first-order valence-corrected chi connectivity index (χ1v) is 6.53. The van der Waals surface area contributed by atoms with Crippen LogP contribution < -0.4 is 0 Å². The van der Waals surface area contributed by atoms with Crippen LogP contribution >= 0.6 is 34.8 Å². The number of rotatable bonds is 3. The van der Waals surface area contributed by atoms with Crippen molar-refractivity contribution >= 4 is 40.4 Å². The molecule has 1 aromatic carbocycles. The van der Waals surface area contributed by atoms with Crippen LogP contribution in [0.4, 0.5) is 0 Å². The van der Waals surface area contributed by atoms with E-state index in [9.17, 15) is 0 Å². The predicted octanol–water partition coefficient (Wildman–Crippen LogP) is 5.21. The fraction of sp³-hybridized carbons (Fsp3) is 0.0714. The van der Waals surface area contributed by atoms with Gasteiger partial charge in [0.15, 0.2) is 0 Å². The minimum Gasteiger partial charge on any atom is -0.264 e. The van der Waals surface area contributed by atoms with Crippen LogP contribution in [0.15, 0.2) is 48.3 Å². The highest BCUT2D eigenvalue weighted by molar-refractivity contribution is 6.36. The number of hydrogen-bond acceptors (Lipinski definition) is 1. The van der Waals surface area contributed by atoms with Gasteiger partial charge in [-0.3, -0.25) is 4.98 Å². The van der Waals surface area contributed by atoms with E-state index in [1.54, 1.807) is 23.9 Å². The van der Waals surface area contributed by atoms with Crippen molar-refractivity contribution in [3.63, 3.8) is 0 Å². The van der Waals surface area contributed by atoms with Gasteiger partial charge in [-0.25, -0.2) is 0 Å². The van der Waals surface area contributed by atoms with Crippen LogP contribution in [-0.4, -0.2) is 4.98 Å². The summed E-state index contributed by atoms with van der Waals surface area (Å²) in [7, 11) is 0. The number of halogens is 3. The molecule has 1 heterocycles. The maximum absolute atomic E-state index is 6.17. The normalized spacial score (nSPS) is 11.6. The number of hydrogen-bond donors (Lipinski definition) is 0. The summed E-state index contributed by atoms with van der Waals surface area (Å²) in [6.07, 6.45) is 4.23. The molecule has 0 amide bonds. The van der Waals surface area contributed by atoms with Crippen LogP contribution in [0.25, 0.3) is 5.57 Å². The number of pyridine rings is 1. The van der Waals surface area contributed by atoms with E-state index >= 15 is 0 Å². The molecule has 0 spiro atoms. The van der Waals surface area contributed by atoms with Crippen molar-refractivity contribution in [1.29, 1.82) is 0 Å². The molecule has 1 aromatic heterocycles. The van der Waals surface area contributed by atoms with E-state index in [0.717, 1.165) is 16.7 Å². The molecule has 2 aromatic rings. The molecule has 0 radical (unpaired) electrons. The first-order valence-electron chi connectivity index (χ1n) is 5.34. The van der Waals surface area contributed by atoms with Crippen molar-refractivity contribution in [2.75, 3.05) is 0 Å². The smallest absolute Gasteiger partial charge is 0.0496 e. The molecule has 0 aliphatic rings. The average molecular weight is 299 g/mol. The summed E-state index contributed by atoms with van der Waals surface area (Å²) >= 11 is 17.9. The Bertz CT molecular complexity index is 565. The molecule has 0 saturated carbocycles. The molecule has 0 saturated heterocycles. The van der Waals surface area contributed by atoms with Crippen molar-refractivity contribution in [3.8, 4) is 0 Å². The van der Waals surface area contributed by atoms with E-state index in [1.165, 1.54) is 0 Å². The Morgan fingerprint density at radius 3 is 2.67 bits per heavy atom. The lowest BCUT2D eigenvalue weighted by Gasteiger charge is -2.09. The van der Waals surface area contributed by atoms with E-state index < -0.39 is 0 Å². The standard InChI is InChI=1S/C14H10Cl3N/c15-8-11(6-10-2-1-5-18-9-10)13-4-3-12(16)7-14(13)17/h1-5,7-9H,6H2. The van der Waals surface area contributed by atoms with E-state index in [4.69, 9.17) is 34.8 Å². The van der Waals surface area contributed by atoms with Crippen molar-refractivity contribution in [3.05, 3.63) is 69.4 Å². The van der Waals surface area contributed by atoms with Gasteiger partial charge in [0.2, 0.25) is 0 Å². The SMILES string of the molecule is ClC=C(Cc1cccnc1)c1ccc(Cl)cc1Cl. The van der Waals surface area contributed by atoms with Gasteiger partial charge in [-0.1, -0.05) is 46.9 Å². The van der Waals surface area contributed by atoms with Crippen LogP contribution in [0.2, 0.25) is 10.0 Å². The topological polar surface area (TPSA) is 12.9 Å². The summed E-state index contributed by atoms with van der Waals surface area (Å²) < 4.78 is 0. The third kappa shape index (κ3) is 3.26. The summed E-state index contributed by atoms with van der Waals surface area (Å²) in [5, 5.41) is 1.21. The predicted molar refractivity (Wildman–Crippen MR) is 78.2 cm³/mol. The first kappa shape index (κ1) is 13.4. The third-order valence-corrected chi connectivity index (χ3v) is 3.34. The van der Waals surface area contributed by atoms with Gasteiger partial charge in [-0.15, -0.1) is 0 Å². The molecule has 0 unspecified atom stereocenters. The van der Waals surface area contributed by atoms with Crippen molar-refractivity contribution < 1.29 is 0 Å². The Morgan fingerprint density at radius 1 is 1.22 bits per heavy atom. The maximum Gasteiger partial charge on any atom is 0.0496 e. The quantitative estimate of drug-likeness (QED) is 0.758. The lowest BCUT2D eigenvalue weighted by Crippen LogP contribution is -1.92. The lowest BCUT2D eigenvalue weighted by molar-refractivity contribution is 1.20. The molecule has 0 aliphatic carbocycles. The van der Waals surface area contributed by atoms with Crippen molar-refractivity contribution in [2.24, 2.45) is 0 Å². The largest absolute Gasteiger partial charge is 0.264 e. The lowest BCUT2D eigenvalue weighted by atomic mass is 10.0. The Labute approximate surface area is 121 Å². The summed E-state index contributed by atoms with van der Waals surface area (Å²) in [6, 6.07) is 9.27. The minimum atomic E-state index is 0.596. The fourth-order valence-corrected chi connectivity index (χ4v) is 2.39. The molecule has 0 fully saturated rings. The van der Waals surface area contributed by atoms with Crippen LogP contribution in [0.1, 0.15) is 11.1 Å². The Kier molecular flexibility index (Phi) is 4.65. The van der Waals surface area contributed by atoms with E-state index in [1.807, 2.05) is 24.4 Å². The fourth-order valence-electron chi connectivity index (χ4n) is 1.67. The number of nitrogens with zero attached hydrogens (tertiary/aromatic N) is 1. The number of aromatic nitrogens is 1. The van der Waals surface area contributed by atoms with Gasteiger partial charge in [-0.2, -0.15) is 0 Å². The Hall–Kier alpha value is -1.02. The average Bonchev–Trinajstić information content (AvgIpc) is 2.38. The molecule has 0 N–H and O–H groups in total. The second kappa shape index (κ2) is 6.24. The first-order chi connectivity index (χ1) is 8.70. The van der Waals surface area contributed by atoms with E-state index in [0.29, 0.717) is 16.5 Å². The molecule has 18 heavy (non-hydrogen) atoms. The molecular formula is C14H10Cl3N. The molecule has 92 valence electrons. The number of allylic oxidation sites excluding steroid dienone is 1. The summed E-state index contributed by atoms with van der Waals surface area (Å²) in [5.74, 6) is 0. The number of benzene rings is 1. The molecule has 1 nitrogen and oxygen atoms in total. The molecular weight excluding hydrogens is 289 g/mol. The van der Waals surface area contributed by atoms with E-state index in [2.05, 4.69) is 4.98 Å². The molecule has 0 atom stereocenters. The van der Waals surface area contributed by atoms with Gasteiger partial charge in [-0.05, 0) is 34.9 Å². The highest BCUT2D eigenvalue weighted by Crippen LogP contribution is 2.29. The second-order valence-corrected chi connectivity index (χ2v) is 4.86. The van der Waals surface area contributed by atoms with Gasteiger partial charge in [0.05, 0.1) is 0 Å². The van der Waals surface area contributed by atoms with Gasteiger partial charge in [0, 0.05) is 34.4 Å². The molecule has 2 rings (SSSR count). The summed E-state index contributed by atoms with van der Waals surface area (Å²) in [5.41, 5.74) is 4.45. The van der Waals surface area contributed by atoms with Gasteiger partial charge >= 0.3 is 0 Å². The zero-order valence-electron chi connectivity index (χ0n) is 9.41. The Balaban J connectivity index is 2.30. The molecule has 0 bridgehead atoms. The zero-order valence-corrected chi connectivity index (χ0v) is 11.7. The van der Waals surface area contributed by atoms with E-state index in [-0.39, 0.29) is 0 Å². The zero-order chi connectivity index (χ0) is 13.0. The van der Waals surface area contributed by atoms with Crippen LogP contribution in [0.3, 0.4) is 0 Å². The van der Waals surface area contributed by atoms with Gasteiger partial charge in [0.1, 0.15) is 0 Å². The van der Waals surface area contributed by atoms with Crippen LogP contribution in [0, 0.1) is 0 Å². The third-order valence-electron chi connectivity index (χ3n) is 2.53. The highest BCUT2D eigenvalue weighted by atomic mass is 35.5. The summed E-state index contributed by atoms with van der Waals surface area (Å²) in [6.45, 7) is 0. The maximum atomic E-state index is 6.17. The monoisotopic (exact) mass is 297 g/mol. The highest BCUT2D eigenvalue weighted by Gasteiger charge is 2.08. The Morgan fingerprint density at radius 2 is 2.06 bits per heavy atom. The van der Waals surface area contributed by atoms with Gasteiger partial charge in [0.25, 0.3) is 0 Å². The molecule has 4 heteroatoms. The molecule has 0 aliphatic heterocycles. The second-order valence-electron chi connectivity index (χ2n) is 3.80. The van der Waals surface area contributed by atoms with Crippen molar-refractivity contribution in [1.82, 2.24) is 4.98 Å². The van der Waals surface area contributed by atoms with Crippen LogP contribution in [-0.2, 0) is 6.42 Å². The summed E-state index contributed by atoms with van der Waals surface area (Å²) in [4.78, 5) is 4.08. The van der Waals surface area contributed by atoms with Crippen molar-refractivity contribution in [2.45, 2.75) is 6.42 Å². The van der Waals surface area contributed by atoms with Gasteiger partial charge < -0.3 is 0 Å². The minimum absolute atomic E-state index is 0.596. The van der Waals surface area contributed by atoms with Crippen LogP contribution in [0.5, 0.6) is 0 Å².